The van der Waals surface area contributed by atoms with Crippen molar-refractivity contribution >= 4 is 33.2 Å². The standard InChI is InChI=1S/C11H14BrN3O3/c1-7-4-9(13-6-11(16)14(2)3)8(12)5-10(7)15(17)18/h4-5,13H,6H2,1-3H3. The largest absolute Gasteiger partial charge is 0.375 e. The van der Waals surface area contributed by atoms with Gasteiger partial charge in [0.2, 0.25) is 5.91 Å². The molecule has 0 saturated carbocycles. The molecule has 0 bridgehead atoms. The van der Waals surface area contributed by atoms with Crippen molar-refractivity contribution in [2.75, 3.05) is 26.0 Å². The third kappa shape index (κ3) is 3.43. The highest BCUT2D eigenvalue weighted by Crippen LogP contribution is 2.30. The van der Waals surface area contributed by atoms with Gasteiger partial charge in [-0.1, -0.05) is 0 Å². The molecule has 98 valence electrons. The van der Waals surface area contributed by atoms with Crippen molar-refractivity contribution in [3.63, 3.8) is 0 Å². The van der Waals surface area contributed by atoms with E-state index in [1.807, 2.05) is 0 Å². The molecule has 1 aromatic carbocycles. The second-order valence-corrected chi connectivity index (χ2v) is 4.87. The highest BCUT2D eigenvalue weighted by Gasteiger charge is 2.14. The fourth-order valence-electron chi connectivity index (χ4n) is 1.33. The molecule has 1 aromatic rings. The van der Waals surface area contributed by atoms with E-state index in [0.717, 1.165) is 0 Å². The van der Waals surface area contributed by atoms with E-state index in [1.165, 1.54) is 11.0 Å². The van der Waals surface area contributed by atoms with Gasteiger partial charge in [-0.2, -0.15) is 0 Å². The quantitative estimate of drug-likeness (QED) is 0.682. The number of benzene rings is 1. The summed E-state index contributed by atoms with van der Waals surface area (Å²) >= 11 is 3.24. The van der Waals surface area contributed by atoms with Crippen LogP contribution in [0.5, 0.6) is 0 Å². The number of aryl methyl sites for hydroxylation is 1. The molecule has 0 heterocycles. The number of nitro benzene ring substituents is 1. The van der Waals surface area contributed by atoms with Crippen LogP contribution < -0.4 is 5.32 Å². The van der Waals surface area contributed by atoms with E-state index < -0.39 is 4.92 Å². The van der Waals surface area contributed by atoms with Crippen LogP contribution in [-0.2, 0) is 4.79 Å². The Kier molecular flexibility index (Phi) is 4.66. The van der Waals surface area contributed by atoms with Crippen molar-refractivity contribution in [2.24, 2.45) is 0 Å². The first-order valence-electron chi connectivity index (χ1n) is 5.21. The first-order chi connectivity index (χ1) is 8.32. The second kappa shape index (κ2) is 5.81. The molecule has 0 atom stereocenters. The Bertz CT molecular complexity index is 489. The van der Waals surface area contributed by atoms with Crippen molar-refractivity contribution in [2.45, 2.75) is 6.92 Å². The first kappa shape index (κ1) is 14.4. The van der Waals surface area contributed by atoms with Crippen molar-refractivity contribution in [3.05, 3.63) is 32.3 Å². The van der Waals surface area contributed by atoms with E-state index in [2.05, 4.69) is 21.2 Å². The van der Waals surface area contributed by atoms with Crippen LogP contribution >= 0.6 is 15.9 Å². The van der Waals surface area contributed by atoms with Crippen LogP contribution in [0.1, 0.15) is 5.56 Å². The number of hydrogen-bond acceptors (Lipinski definition) is 4. The zero-order chi connectivity index (χ0) is 13.9. The average Bonchev–Trinajstić information content (AvgIpc) is 2.28. The molecule has 0 radical (unpaired) electrons. The molecular formula is C11H14BrN3O3. The molecule has 1 N–H and O–H groups in total. The molecule has 0 aromatic heterocycles. The molecule has 1 rings (SSSR count). The van der Waals surface area contributed by atoms with Gasteiger partial charge in [-0.25, -0.2) is 0 Å². The fourth-order valence-corrected chi connectivity index (χ4v) is 1.80. The smallest absolute Gasteiger partial charge is 0.273 e. The normalized spacial score (nSPS) is 10.0. The van der Waals surface area contributed by atoms with Gasteiger partial charge in [-0.15, -0.1) is 0 Å². The van der Waals surface area contributed by atoms with Gasteiger partial charge >= 0.3 is 0 Å². The lowest BCUT2D eigenvalue weighted by molar-refractivity contribution is -0.385. The van der Waals surface area contributed by atoms with Gasteiger partial charge in [0.1, 0.15) is 0 Å². The average molecular weight is 316 g/mol. The molecule has 18 heavy (non-hydrogen) atoms. The number of nitrogens with zero attached hydrogens (tertiary/aromatic N) is 2. The zero-order valence-corrected chi connectivity index (χ0v) is 11.9. The minimum absolute atomic E-state index is 0.0476. The Morgan fingerprint density at radius 1 is 1.50 bits per heavy atom. The number of hydrogen-bond donors (Lipinski definition) is 1. The van der Waals surface area contributed by atoms with Crippen molar-refractivity contribution in [1.82, 2.24) is 4.90 Å². The van der Waals surface area contributed by atoms with Crippen molar-refractivity contribution in [1.29, 1.82) is 0 Å². The number of nitrogens with one attached hydrogen (secondary N) is 1. The summed E-state index contributed by atoms with van der Waals surface area (Å²) in [7, 11) is 3.33. The molecular weight excluding hydrogens is 302 g/mol. The number of nitro groups is 1. The van der Waals surface area contributed by atoms with E-state index >= 15 is 0 Å². The monoisotopic (exact) mass is 315 g/mol. The number of carbonyl (C=O) groups is 1. The van der Waals surface area contributed by atoms with Crippen LogP contribution in [0.4, 0.5) is 11.4 Å². The number of rotatable bonds is 4. The highest BCUT2D eigenvalue weighted by molar-refractivity contribution is 9.10. The van der Waals surface area contributed by atoms with E-state index in [-0.39, 0.29) is 18.1 Å². The lowest BCUT2D eigenvalue weighted by Crippen LogP contribution is -2.28. The van der Waals surface area contributed by atoms with Gasteiger partial charge in [0, 0.05) is 35.9 Å². The fraction of sp³-hybridized carbons (Fsp3) is 0.364. The molecule has 0 aliphatic rings. The van der Waals surface area contributed by atoms with Crippen LogP contribution in [0.3, 0.4) is 0 Å². The molecule has 7 heteroatoms. The maximum atomic E-state index is 11.4. The zero-order valence-electron chi connectivity index (χ0n) is 10.4. The molecule has 0 aliphatic heterocycles. The molecule has 6 nitrogen and oxygen atoms in total. The Hall–Kier alpha value is -1.63. The SMILES string of the molecule is Cc1cc(NCC(=O)N(C)C)c(Br)cc1[N+](=O)[O-]. The lowest BCUT2D eigenvalue weighted by Gasteiger charge is -2.13. The summed E-state index contributed by atoms with van der Waals surface area (Å²) in [6.07, 6.45) is 0. The molecule has 0 fully saturated rings. The predicted molar refractivity (Wildman–Crippen MR) is 72.7 cm³/mol. The van der Waals surface area contributed by atoms with Crippen LogP contribution in [0, 0.1) is 17.0 Å². The lowest BCUT2D eigenvalue weighted by atomic mass is 10.2. The van der Waals surface area contributed by atoms with Gasteiger partial charge in [0.25, 0.3) is 5.69 Å². The molecule has 1 amide bonds. The van der Waals surface area contributed by atoms with Crippen LogP contribution in [-0.4, -0.2) is 36.4 Å². The number of amides is 1. The third-order valence-corrected chi connectivity index (χ3v) is 3.07. The Morgan fingerprint density at radius 3 is 2.61 bits per heavy atom. The van der Waals surface area contributed by atoms with Gasteiger partial charge in [-0.05, 0) is 28.9 Å². The maximum Gasteiger partial charge on any atom is 0.273 e. The topological polar surface area (TPSA) is 75.5 Å². The first-order valence-corrected chi connectivity index (χ1v) is 6.00. The Morgan fingerprint density at radius 2 is 2.11 bits per heavy atom. The minimum Gasteiger partial charge on any atom is -0.375 e. The number of likely N-dealkylation sites (N-methyl/N-ethyl adjacent to an activating group) is 1. The third-order valence-electron chi connectivity index (χ3n) is 2.41. The summed E-state index contributed by atoms with van der Waals surface area (Å²) in [4.78, 5) is 23.2. The molecule has 0 spiro atoms. The summed E-state index contributed by atoms with van der Waals surface area (Å²) in [5.74, 6) is -0.0714. The summed E-state index contributed by atoms with van der Waals surface area (Å²) in [5.41, 5.74) is 1.25. The van der Waals surface area contributed by atoms with Gasteiger partial charge < -0.3 is 10.2 Å². The number of carbonyl (C=O) groups excluding carboxylic acids is 1. The van der Waals surface area contributed by atoms with E-state index in [4.69, 9.17) is 0 Å². The summed E-state index contributed by atoms with van der Waals surface area (Å²) in [6, 6.07) is 3.07. The van der Waals surface area contributed by atoms with E-state index in [1.54, 1.807) is 27.1 Å². The summed E-state index contributed by atoms with van der Waals surface area (Å²) in [5, 5.41) is 13.7. The summed E-state index contributed by atoms with van der Waals surface area (Å²) in [6.45, 7) is 1.80. The van der Waals surface area contributed by atoms with Crippen molar-refractivity contribution < 1.29 is 9.72 Å². The summed E-state index contributed by atoms with van der Waals surface area (Å²) < 4.78 is 0.561. The van der Waals surface area contributed by atoms with Gasteiger partial charge in [-0.3, -0.25) is 14.9 Å². The van der Waals surface area contributed by atoms with E-state index in [9.17, 15) is 14.9 Å². The Labute approximate surface area is 113 Å². The van der Waals surface area contributed by atoms with Crippen LogP contribution in [0.15, 0.2) is 16.6 Å². The highest BCUT2D eigenvalue weighted by atomic mass is 79.9. The number of anilines is 1. The Balaban J connectivity index is 2.89. The van der Waals surface area contributed by atoms with Crippen molar-refractivity contribution in [3.8, 4) is 0 Å². The minimum atomic E-state index is -0.436. The molecule has 0 saturated heterocycles. The van der Waals surface area contributed by atoms with E-state index in [0.29, 0.717) is 15.7 Å². The predicted octanol–water partition coefficient (Wildman–Crippen LogP) is 2.17. The van der Waals surface area contributed by atoms with Gasteiger partial charge in [0.05, 0.1) is 11.5 Å². The molecule has 0 unspecified atom stereocenters. The van der Waals surface area contributed by atoms with Crippen LogP contribution in [0.25, 0.3) is 0 Å². The molecule has 0 aliphatic carbocycles. The maximum absolute atomic E-state index is 11.4. The van der Waals surface area contributed by atoms with Gasteiger partial charge in [0.15, 0.2) is 0 Å². The van der Waals surface area contributed by atoms with Crippen LogP contribution in [0.2, 0.25) is 0 Å². The number of halogens is 1. The second-order valence-electron chi connectivity index (χ2n) is 4.02.